The second kappa shape index (κ2) is 17.2. The number of urea groups is 1. The summed E-state index contributed by atoms with van der Waals surface area (Å²) in [5.41, 5.74) is 1.85. The molecule has 0 spiro atoms. The Bertz CT molecular complexity index is 1250. The van der Waals surface area contributed by atoms with E-state index in [2.05, 4.69) is 22.5 Å². The second-order valence-corrected chi connectivity index (χ2v) is 13.0. The summed E-state index contributed by atoms with van der Waals surface area (Å²) in [6, 6.07) is 9.89. The Morgan fingerprint density at radius 1 is 1.11 bits per heavy atom. The number of anilines is 1. The predicted molar refractivity (Wildman–Crippen MR) is 177 cm³/mol. The highest BCUT2D eigenvalue weighted by molar-refractivity contribution is 6.42. The Hall–Kier alpha value is -2.56. The molecule has 0 radical (unpaired) electrons. The summed E-state index contributed by atoms with van der Waals surface area (Å²) in [4.78, 5) is 30.5. The van der Waals surface area contributed by atoms with Gasteiger partial charge >= 0.3 is 6.03 Å². The number of hydrogen-bond donors (Lipinski definition) is 3. The first kappa shape index (κ1) is 35.9. The Balaban J connectivity index is 1.90. The van der Waals surface area contributed by atoms with E-state index in [0.717, 1.165) is 24.8 Å². The molecule has 1 aliphatic rings. The molecular weight excluding hydrogens is 603 g/mol. The lowest BCUT2D eigenvalue weighted by atomic mass is 10.0. The number of carbonyl (C=O) groups is 2. The van der Waals surface area contributed by atoms with Crippen LogP contribution in [0.1, 0.15) is 69.8 Å². The van der Waals surface area contributed by atoms with Crippen LogP contribution in [0.4, 0.5) is 10.5 Å². The third kappa shape index (κ3) is 10.8. The van der Waals surface area contributed by atoms with Crippen LogP contribution in [0.5, 0.6) is 5.75 Å². The minimum atomic E-state index is -0.460. The summed E-state index contributed by atoms with van der Waals surface area (Å²) in [7, 11) is 2.03. The van der Waals surface area contributed by atoms with Crippen molar-refractivity contribution in [3.63, 3.8) is 0 Å². The summed E-state index contributed by atoms with van der Waals surface area (Å²) < 4.78 is 12.7. The zero-order valence-corrected chi connectivity index (χ0v) is 28.3. The van der Waals surface area contributed by atoms with Crippen molar-refractivity contribution in [2.75, 3.05) is 38.7 Å². The van der Waals surface area contributed by atoms with Crippen LogP contribution in [0.3, 0.4) is 0 Å². The molecule has 4 atom stereocenters. The second-order valence-electron chi connectivity index (χ2n) is 12.2. The quantitative estimate of drug-likeness (QED) is 0.303. The lowest BCUT2D eigenvalue weighted by molar-refractivity contribution is -0.0177. The fourth-order valence-corrected chi connectivity index (χ4v) is 5.53. The number of aliphatic hydroxyl groups is 1. The first-order valence-electron chi connectivity index (χ1n) is 15.4. The molecule has 0 aliphatic carbocycles. The van der Waals surface area contributed by atoms with E-state index >= 15 is 0 Å². The van der Waals surface area contributed by atoms with Crippen molar-refractivity contribution in [2.24, 2.45) is 5.92 Å². The summed E-state index contributed by atoms with van der Waals surface area (Å²) in [5.74, 6) is 0.105. The largest absolute Gasteiger partial charge is 0.490 e. The summed E-state index contributed by atoms with van der Waals surface area (Å²) in [6.45, 7) is 11.7. The minimum Gasteiger partial charge on any atom is -0.490 e. The maximum Gasteiger partial charge on any atom is 0.319 e. The molecule has 0 aromatic heterocycles. The van der Waals surface area contributed by atoms with Crippen LogP contribution in [0.2, 0.25) is 10.0 Å². The van der Waals surface area contributed by atoms with E-state index in [9.17, 15) is 14.7 Å². The average molecular weight is 652 g/mol. The molecule has 0 bridgehead atoms. The highest BCUT2D eigenvalue weighted by Gasteiger charge is 2.30. The Kier molecular flexibility index (Phi) is 14.1. The average Bonchev–Trinajstić information content (AvgIpc) is 2.96. The highest BCUT2D eigenvalue weighted by atomic mass is 35.5. The number of likely N-dealkylation sites (N-methyl/N-ethyl adjacent to an activating group) is 1. The Morgan fingerprint density at radius 3 is 2.55 bits per heavy atom. The van der Waals surface area contributed by atoms with E-state index in [1.165, 1.54) is 0 Å². The number of amides is 3. The number of ether oxygens (including phenoxy) is 2. The van der Waals surface area contributed by atoms with Gasteiger partial charge in [-0.25, -0.2) is 4.79 Å². The van der Waals surface area contributed by atoms with Gasteiger partial charge in [-0.05, 0) is 89.9 Å². The Morgan fingerprint density at radius 2 is 1.86 bits per heavy atom. The monoisotopic (exact) mass is 650 g/mol. The predicted octanol–water partition coefficient (Wildman–Crippen LogP) is 6.45. The van der Waals surface area contributed by atoms with Crippen molar-refractivity contribution in [3.05, 3.63) is 57.6 Å². The number of halogens is 2. The van der Waals surface area contributed by atoms with Crippen LogP contribution in [0, 0.1) is 5.92 Å². The summed E-state index contributed by atoms with van der Waals surface area (Å²) in [5, 5.41) is 16.8. The molecule has 2 aromatic rings. The molecule has 0 unspecified atom stereocenters. The van der Waals surface area contributed by atoms with Crippen molar-refractivity contribution in [3.8, 4) is 5.75 Å². The topological polar surface area (TPSA) is 103 Å². The third-order valence-corrected chi connectivity index (χ3v) is 8.40. The van der Waals surface area contributed by atoms with Crippen molar-refractivity contribution >= 4 is 40.8 Å². The van der Waals surface area contributed by atoms with E-state index < -0.39 is 6.04 Å². The lowest BCUT2D eigenvalue weighted by Crippen LogP contribution is -2.47. The van der Waals surface area contributed by atoms with E-state index in [1.54, 1.807) is 29.2 Å². The number of fused-ring (bicyclic) bond motifs is 1. The molecule has 1 heterocycles. The smallest absolute Gasteiger partial charge is 0.319 e. The van der Waals surface area contributed by atoms with E-state index in [1.807, 2.05) is 46.9 Å². The fourth-order valence-electron chi connectivity index (χ4n) is 5.21. The first-order valence-corrected chi connectivity index (χ1v) is 16.2. The molecule has 2 aromatic carbocycles. The van der Waals surface area contributed by atoms with Gasteiger partial charge in [-0.2, -0.15) is 0 Å². The normalized spacial score (nSPS) is 20.9. The molecule has 9 nitrogen and oxygen atoms in total. The number of benzene rings is 2. The van der Waals surface area contributed by atoms with Crippen LogP contribution < -0.4 is 15.4 Å². The maximum absolute atomic E-state index is 14.2. The summed E-state index contributed by atoms with van der Waals surface area (Å²) >= 11 is 12.4. The minimum absolute atomic E-state index is 0.0429. The SMILES string of the molecule is CC(C)NC(=O)Nc1ccc2c(c1)C(=O)N([C@@H](C)CO)C[C@@H](C)[C@H](CN(C)Cc1ccc(Cl)c(Cl)c1)OCCCC[C@@H](C)O2. The molecule has 44 heavy (non-hydrogen) atoms. The van der Waals surface area contributed by atoms with Gasteiger partial charge in [0, 0.05) is 43.9 Å². The number of nitrogens with one attached hydrogen (secondary N) is 2. The van der Waals surface area contributed by atoms with Crippen LogP contribution in [-0.4, -0.2) is 84.5 Å². The van der Waals surface area contributed by atoms with Gasteiger partial charge in [0.25, 0.3) is 5.91 Å². The molecular formula is C33H48Cl2N4O5. The van der Waals surface area contributed by atoms with Crippen molar-refractivity contribution in [1.29, 1.82) is 0 Å². The Labute approximate surface area is 272 Å². The van der Waals surface area contributed by atoms with Gasteiger partial charge in [0.15, 0.2) is 0 Å². The zero-order chi connectivity index (χ0) is 32.4. The molecule has 3 rings (SSSR count). The van der Waals surface area contributed by atoms with E-state index in [4.69, 9.17) is 32.7 Å². The molecule has 3 N–H and O–H groups in total. The van der Waals surface area contributed by atoms with Crippen molar-refractivity contribution < 1.29 is 24.2 Å². The van der Waals surface area contributed by atoms with Gasteiger partial charge in [0.1, 0.15) is 5.75 Å². The van der Waals surface area contributed by atoms with Gasteiger partial charge in [0.2, 0.25) is 0 Å². The van der Waals surface area contributed by atoms with E-state index in [0.29, 0.717) is 53.3 Å². The van der Waals surface area contributed by atoms with Gasteiger partial charge in [0.05, 0.1) is 40.5 Å². The highest BCUT2D eigenvalue weighted by Crippen LogP contribution is 2.29. The molecule has 0 saturated heterocycles. The molecule has 0 fully saturated rings. The molecule has 1 aliphatic heterocycles. The van der Waals surface area contributed by atoms with Crippen molar-refractivity contribution in [2.45, 2.75) is 84.7 Å². The number of nitrogens with zero attached hydrogens (tertiary/aromatic N) is 2. The molecule has 0 saturated carbocycles. The number of carbonyl (C=O) groups excluding carboxylic acids is 2. The number of aliphatic hydroxyl groups excluding tert-OH is 1. The molecule has 244 valence electrons. The van der Waals surface area contributed by atoms with Gasteiger partial charge in [-0.3, -0.25) is 9.69 Å². The number of hydrogen-bond acceptors (Lipinski definition) is 6. The van der Waals surface area contributed by atoms with Crippen LogP contribution >= 0.6 is 23.2 Å². The first-order chi connectivity index (χ1) is 20.9. The zero-order valence-electron chi connectivity index (χ0n) is 26.7. The maximum atomic E-state index is 14.2. The van der Waals surface area contributed by atoms with E-state index in [-0.39, 0.29) is 42.7 Å². The van der Waals surface area contributed by atoms with Crippen LogP contribution in [0.25, 0.3) is 0 Å². The van der Waals surface area contributed by atoms with Crippen LogP contribution in [-0.2, 0) is 11.3 Å². The molecule has 3 amide bonds. The summed E-state index contributed by atoms with van der Waals surface area (Å²) in [6.07, 6.45) is 2.27. The third-order valence-electron chi connectivity index (χ3n) is 7.66. The molecule has 11 heteroatoms. The fraction of sp³-hybridized carbons (Fsp3) is 0.576. The number of rotatable bonds is 8. The van der Waals surface area contributed by atoms with Crippen LogP contribution in [0.15, 0.2) is 36.4 Å². The van der Waals surface area contributed by atoms with Gasteiger partial charge < -0.3 is 30.1 Å². The lowest BCUT2D eigenvalue weighted by Gasteiger charge is -2.36. The standard InChI is InChI=1S/C33H48Cl2N4O5/c1-21(2)36-33(42)37-26-11-13-30-27(16-26)32(41)39(23(4)20-40)17-22(3)31(43-14-8-7-9-24(5)44-30)19-38(6)18-25-10-12-28(34)29(35)15-25/h10-13,15-16,21-24,31,40H,7-9,14,17-20H2,1-6H3,(H2,36,37,42)/t22-,23+,24-,31+/m1/s1. The van der Waals surface area contributed by atoms with Crippen molar-refractivity contribution in [1.82, 2.24) is 15.1 Å². The van der Waals surface area contributed by atoms with Gasteiger partial charge in [-0.1, -0.05) is 36.2 Å². The van der Waals surface area contributed by atoms with Gasteiger partial charge in [-0.15, -0.1) is 0 Å².